The van der Waals surface area contributed by atoms with E-state index in [9.17, 15) is 5.11 Å². The molecule has 3 aromatic rings. The van der Waals surface area contributed by atoms with Crippen LogP contribution in [0.4, 0.5) is 0 Å². The molecule has 0 fully saturated rings. The predicted octanol–water partition coefficient (Wildman–Crippen LogP) is 3.55. The zero-order valence-electron chi connectivity index (χ0n) is 9.97. The van der Waals surface area contributed by atoms with Crippen molar-refractivity contribution < 1.29 is 9.84 Å². The number of benzene rings is 2. The zero-order chi connectivity index (χ0) is 12.5. The Morgan fingerprint density at radius 3 is 2.39 bits per heavy atom. The molecule has 0 unspecified atom stereocenters. The maximum absolute atomic E-state index is 10.2. The van der Waals surface area contributed by atoms with Crippen LogP contribution in [0.1, 0.15) is 0 Å². The molecule has 3 heteroatoms. The smallest absolute Gasteiger partial charge is 0.148 e. The number of aromatic amines is 1. The first-order valence-corrected chi connectivity index (χ1v) is 5.73. The molecular formula is C15H13NO2. The molecule has 0 bridgehead atoms. The van der Waals surface area contributed by atoms with Crippen molar-refractivity contribution in [1.29, 1.82) is 0 Å². The van der Waals surface area contributed by atoms with E-state index >= 15 is 0 Å². The first kappa shape index (κ1) is 10.7. The minimum Gasteiger partial charge on any atom is -0.505 e. The van der Waals surface area contributed by atoms with Crippen LogP contribution in [0.15, 0.2) is 48.5 Å². The average molecular weight is 239 g/mol. The summed E-state index contributed by atoms with van der Waals surface area (Å²) in [6, 6.07) is 15.3. The number of ether oxygens (including phenoxy) is 1. The summed E-state index contributed by atoms with van der Waals surface area (Å²) in [6.45, 7) is 0. The van der Waals surface area contributed by atoms with Crippen LogP contribution >= 0.6 is 0 Å². The summed E-state index contributed by atoms with van der Waals surface area (Å²) in [7, 11) is 1.63. The van der Waals surface area contributed by atoms with E-state index in [0.29, 0.717) is 0 Å². The highest BCUT2D eigenvalue weighted by Gasteiger charge is 2.11. The second kappa shape index (κ2) is 4.11. The Morgan fingerprint density at radius 2 is 1.72 bits per heavy atom. The Labute approximate surface area is 105 Å². The lowest BCUT2D eigenvalue weighted by atomic mass is 10.1. The van der Waals surface area contributed by atoms with Gasteiger partial charge in [0.25, 0.3) is 0 Å². The minimum absolute atomic E-state index is 0.288. The highest BCUT2D eigenvalue weighted by atomic mass is 16.5. The van der Waals surface area contributed by atoms with Gasteiger partial charge in [0.2, 0.25) is 0 Å². The summed E-state index contributed by atoms with van der Waals surface area (Å²) in [5.74, 6) is 1.09. The lowest BCUT2D eigenvalue weighted by molar-refractivity contribution is 0.415. The van der Waals surface area contributed by atoms with E-state index in [1.165, 1.54) is 0 Å². The van der Waals surface area contributed by atoms with Gasteiger partial charge in [0.05, 0.1) is 12.8 Å². The van der Waals surface area contributed by atoms with Crippen molar-refractivity contribution in [3.63, 3.8) is 0 Å². The monoisotopic (exact) mass is 239 g/mol. The summed E-state index contributed by atoms with van der Waals surface area (Å²) in [5.41, 5.74) is 2.60. The fourth-order valence-corrected chi connectivity index (χ4v) is 2.09. The normalized spacial score (nSPS) is 10.7. The number of aromatic hydroxyl groups is 1. The number of rotatable bonds is 2. The topological polar surface area (TPSA) is 45.2 Å². The van der Waals surface area contributed by atoms with Gasteiger partial charge in [-0.25, -0.2) is 0 Å². The standard InChI is InChI=1S/C15H13NO2/c1-18-11-8-6-10(7-9-11)14-15(17)12-4-2-3-5-13(12)16-14/h2-9,16-17H,1H3. The third-order valence-electron chi connectivity index (χ3n) is 3.06. The van der Waals surface area contributed by atoms with Gasteiger partial charge in [-0.1, -0.05) is 12.1 Å². The quantitative estimate of drug-likeness (QED) is 0.718. The maximum Gasteiger partial charge on any atom is 0.148 e. The molecule has 0 aliphatic carbocycles. The zero-order valence-corrected chi connectivity index (χ0v) is 9.97. The van der Waals surface area contributed by atoms with Gasteiger partial charge in [0.1, 0.15) is 11.5 Å². The van der Waals surface area contributed by atoms with Gasteiger partial charge in [0, 0.05) is 16.5 Å². The number of hydrogen-bond acceptors (Lipinski definition) is 2. The van der Waals surface area contributed by atoms with Crippen molar-refractivity contribution in [3.8, 4) is 22.8 Å². The molecule has 1 heterocycles. The van der Waals surface area contributed by atoms with Crippen LogP contribution in [0.5, 0.6) is 11.5 Å². The number of nitrogens with one attached hydrogen (secondary N) is 1. The molecule has 0 aliphatic heterocycles. The van der Waals surface area contributed by atoms with Crippen molar-refractivity contribution in [1.82, 2.24) is 4.98 Å². The SMILES string of the molecule is COc1ccc(-c2[nH]c3ccccc3c2O)cc1. The van der Waals surface area contributed by atoms with Crippen LogP contribution in [0.25, 0.3) is 22.2 Å². The highest BCUT2D eigenvalue weighted by molar-refractivity contribution is 5.93. The van der Waals surface area contributed by atoms with Crippen LogP contribution in [-0.4, -0.2) is 17.2 Å². The van der Waals surface area contributed by atoms with Crippen molar-refractivity contribution in [2.45, 2.75) is 0 Å². The van der Waals surface area contributed by atoms with Crippen LogP contribution < -0.4 is 4.74 Å². The number of methoxy groups -OCH3 is 1. The number of fused-ring (bicyclic) bond motifs is 1. The van der Waals surface area contributed by atoms with Crippen LogP contribution in [-0.2, 0) is 0 Å². The third kappa shape index (κ3) is 1.61. The van der Waals surface area contributed by atoms with Gasteiger partial charge in [-0.15, -0.1) is 0 Å². The molecular weight excluding hydrogens is 226 g/mol. The molecule has 2 aromatic carbocycles. The molecule has 0 amide bonds. The highest BCUT2D eigenvalue weighted by Crippen LogP contribution is 2.36. The second-order valence-corrected chi connectivity index (χ2v) is 4.12. The van der Waals surface area contributed by atoms with Gasteiger partial charge < -0.3 is 14.8 Å². The summed E-state index contributed by atoms with van der Waals surface area (Å²) >= 11 is 0. The van der Waals surface area contributed by atoms with E-state index in [4.69, 9.17) is 4.74 Å². The first-order chi connectivity index (χ1) is 8.79. The average Bonchev–Trinajstić information content (AvgIpc) is 2.77. The molecule has 0 atom stereocenters. The number of H-pyrrole nitrogens is 1. The molecule has 3 rings (SSSR count). The Kier molecular flexibility index (Phi) is 2.45. The lowest BCUT2D eigenvalue weighted by Crippen LogP contribution is -1.82. The molecule has 0 saturated carbocycles. The lowest BCUT2D eigenvalue weighted by Gasteiger charge is -2.02. The molecule has 3 nitrogen and oxygen atoms in total. The Bertz CT molecular complexity index is 683. The molecule has 90 valence electrons. The molecule has 0 spiro atoms. The Balaban J connectivity index is 2.15. The number of para-hydroxylation sites is 1. The van der Waals surface area contributed by atoms with Gasteiger partial charge in [0.15, 0.2) is 0 Å². The van der Waals surface area contributed by atoms with Crippen molar-refractivity contribution in [3.05, 3.63) is 48.5 Å². The van der Waals surface area contributed by atoms with Gasteiger partial charge in [-0.05, 0) is 36.4 Å². The summed E-state index contributed by atoms with van der Waals surface area (Å²) in [5, 5.41) is 11.0. The van der Waals surface area contributed by atoms with Crippen molar-refractivity contribution >= 4 is 10.9 Å². The molecule has 0 aliphatic rings. The number of aromatic nitrogens is 1. The summed E-state index contributed by atoms with van der Waals surface area (Å²) in [4.78, 5) is 3.23. The van der Waals surface area contributed by atoms with E-state index in [1.807, 2.05) is 48.5 Å². The molecule has 2 N–H and O–H groups in total. The molecule has 18 heavy (non-hydrogen) atoms. The van der Waals surface area contributed by atoms with E-state index in [0.717, 1.165) is 27.9 Å². The van der Waals surface area contributed by atoms with Crippen molar-refractivity contribution in [2.75, 3.05) is 7.11 Å². The number of hydrogen-bond donors (Lipinski definition) is 2. The second-order valence-electron chi connectivity index (χ2n) is 4.12. The van der Waals surface area contributed by atoms with Gasteiger partial charge >= 0.3 is 0 Å². The van der Waals surface area contributed by atoms with Gasteiger partial charge in [-0.3, -0.25) is 0 Å². The van der Waals surface area contributed by atoms with E-state index in [1.54, 1.807) is 7.11 Å². The van der Waals surface area contributed by atoms with E-state index < -0.39 is 0 Å². The fraction of sp³-hybridized carbons (Fsp3) is 0.0667. The van der Waals surface area contributed by atoms with Gasteiger partial charge in [-0.2, -0.15) is 0 Å². The molecule has 0 saturated heterocycles. The van der Waals surface area contributed by atoms with E-state index in [2.05, 4.69) is 4.98 Å². The molecule has 0 radical (unpaired) electrons. The van der Waals surface area contributed by atoms with Crippen LogP contribution in [0.3, 0.4) is 0 Å². The van der Waals surface area contributed by atoms with Crippen LogP contribution in [0.2, 0.25) is 0 Å². The third-order valence-corrected chi connectivity index (χ3v) is 3.06. The Hall–Kier alpha value is -2.42. The van der Waals surface area contributed by atoms with E-state index in [-0.39, 0.29) is 5.75 Å². The molecule has 1 aromatic heterocycles. The van der Waals surface area contributed by atoms with Crippen LogP contribution in [0, 0.1) is 0 Å². The van der Waals surface area contributed by atoms with Crippen molar-refractivity contribution in [2.24, 2.45) is 0 Å². The summed E-state index contributed by atoms with van der Waals surface area (Å²) in [6.07, 6.45) is 0. The Morgan fingerprint density at radius 1 is 1.00 bits per heavy atom. The predicted molar refractivity (Wildman–Crippen MR) is 72.0 cm³/mol. The minimum atomic E-state index is 0.288. The largest absolute Gasteiger partial charge is 0.505 e. The maximum atomic E-state index is 10.2. The first-order valence-electron chi connectivity index (χ1n) is 5.73. The fourth-order valence-electron chi connectivity index (χ4n) is 2.09. The summed E-state index contributed by atoms with van der Waals surface area (Å²) < 4.78 is 5.12.